The highest BCUT2D eigenvalue weighted by molar-refractivity contribution is 9.10. The van der Waals surface area contributed by atoms with Gasteiger partial charge in [0.15, 0.2) is 0 Å². The molecule has 1 saturated heterocycles. The van der Waals surface area contributed by atoms with Crippen molar-refractivity contribution in [2.45, 2.75) is 18.9 Å². The highest BCUT2D eigenvalue weighted by atomic mass is 79.9. The average molecular weight is 442 g/mol. The Hall–Kier alpha value is -0.460. The van der Waals surface area contributed by atoms with Crippen molar-refractivity contribution in [2.75, 3.05) is 40.4 Å². The zero-order valence-corrected chi connectivity index (χ0v) is 17.4. The number of hydrogen-bond acceptors (Lipinski definition) is 4. The molecule has 0 bridgehead atoms. The molecular weight excluding hydrogens is 415 g/mol. The van der Waals surface area contributed by atoms with Gasteiger partial charge in [0.1, 0.15) is 11.5 Å². The normalized spacial score (nSPS) is 15.6. The number of piperazine rings is 1. The lowest BCUT2D eigenvalue weighted by atomic mass is 9.98. The number of allylic oxidation sites excluding steroid dienone is 1. The molecule has 0 spiro atoms. The van der Waals surface area contributed by atoms with Crippen molar-refractivity contribution in [3.8, 4) is 11.5 Å². The summed E-state index contributed by atoms with van der Waals surface area (Å²) < 4.78 is 12.0. The van der Waals surface area contributed by atoms with Crippen LogP contribution in [0.15, 0.2) is 29.3 Å². The molecule has 0 aromatic heterocycles. The van der Waals surface area contributed by atoms with E-state index in [0.29, 0.717) is 6.04 Å². The van der Waals surface area contributed by atoms with Crippen LogP contribution < -0.4 is 14.8 Å². The monoisotopic (exact) mass is 440 g/mol. The first-order valence-electron chi connectivity index (χ1n) is 7.68. The fourth-order valence-corrected chi connectivity index (χ4v) is 3.43. The average Bonchev–Trinajstić information content (AvgIpc) is 2.56. The number of methoxy groups -OCH3 is 2. The Morgan fingerprint density at radius 3 is 2.38 bits per heavy atom. The van der Waals surface area contributed by atoms with Crippen molar-refractivity contribution in [3.05, 3.63) is 34.8 Å². The van der Waals surface area contributed by atoms with Crippen molar-refractivity contribution in [3.63, 3.8) is 0 Å². The molecule has 1 aliphatic heterocycles. The zero-order valence-electron chi connectivity index (χ0n) is 14.2. The SMILES string of the molecule is C=CCC[C@@H](c1cc(OC)c(Br)cc1OC)N1CCNCC1.Cl.Cl. The van der Waals surface area contributed by atoms with E-state index < -0.39 is 0 Å². The van der Waals surface area contributed by atoms with E-state index in [1.54, 1.807) is 14.2 Å². The van der Waals surface area contributed by atoms with Gasteiger partial charge in [0.25, 0.3) is 0 Å². The summed E-state index contributed by atoms with van der Waals surface area (Å²) in [6, 6.07) is 4.41. The third-order valence-corrected chi connectivity index (χ3v) is 4.72. The molecule has 0 radical (unpaired) electrons. The molecule has 2 rings (SSSR count). The van der Waals surface area contributed by atoms with E-state index >= 15 is 0 Å². The maximum Gasteiger partial charge on any atom is 0.133 e. The van der Waals surface area contributed by atoms with Gasteiger partial charge in [0, 0.05) is 37.8 Å². The minimum absolute atomic E-state index is 0. The Morgan fingerprint density at radius 1 is 1.21 bits per heavy atom. The second-order valence-corrected chi connectivity index (χ2v) is 6.25. The number of nitrogens with zero attached hydrogens (tertiary/aromatic N) is 1. The fourth-order valence-electron chi connectivity index (χ4n) is 2.95. The lowest BCUT2D eigenvalue weighted by molar-refractivity contribution is 0.163. The highest BCUT2D eigenvalue weighted by Gasteiger charge is 2.25. The van der Waals surface area contributed by atoms with Crippen LogP contribution >= 0.6 is 40.7 Å². The molecule has 0 aliphatic carbocycles. The Bertz CT molecular complexity index is 512. The Labute approximate surface area is 165 Å². The van der Waals surface area contributed by atoms with Crippen LogP contribution in [-0.2, 0) is 0 Å². The second-order valence-electron chi connectivity index (χ2n) is 5.40. The summed E-state index contributed by atoms with van der Waals surface area (Å²) in [7, 11) is 3.42. The largest absolute Gasteiger partial charge is 0.496 e. The van der Waals surface area contributed by atoms with Crippen molar-refractivity contribution < 1.29 is 9.47 Å². The van der Waals surface area contributed by atoms with Crippen molar-refractivity contribution >= 4 is 40.7 Å². The van der Waals surface area contributed by atoms with Crippen LogP contribution in [0.5, 0.6) is 11.5 Å². The smallest absolute Gasteiger partial charge is 0.133 e. The van der Waals surface area contributed by atoms with Gasteiger partial charge in [0.2, 0.25) is 0 Å². The van der Waals surface area contributed by atoms with Crippen LogP contribution in [0.25, 0.3) is 0 Å². The topological polar surface area (TPSA) is 33.7 Å². The van der Waals surface area contributed by atoms with Gasteiger partial charge in [-0.3, -0.25) is 4.90 Å². The Morgan fingerprint density at radius 2 is 1.83 bits per heavy atom. The van der Waals surface area contributed by atoms with E-state index in [1.807, 2.05) is 12.1 Å². The van der Waals surface area contributed by atoms with Crippen LogP contribution in [0.3, 0.4) is 0 Å². The molecular formula is C17H27BrCl2N2O2. The maximum absolute atomic E-state index is 5.62. The number of hydrogen-bond donors (Lipinski definition) is 1. The number of benzene rings is 1. The van der Waals surface area contributed by atoms with E-state index in [4.69, 9.17) is 9.47 Å². The number of halogens is 3. The first-order valence-corrected chi connectivity index (χ1v) is 8.47. The van der Waals surface area contributed by atoms with Crippen molar-refractivity contribution in [2.24, 2.45) is 0 Å². The third kappa shape index (κ3) is 5.81. The fraction of sp³-hybridized carbons (Fsp3) is 0.529. The van der Waals surface area contributed by atoms with E-state index in [0.717, 1.165) is 55.0 Å². The second kappa shape index (κ2) is 12.0. The van der Waals surface area contributed by atoms with Gasteiger partial charge in [-0.15, -0.1) is 31.4 Å². The lowest BCUT2D eigenvalue weighted by Gasteiger charge is -2.36. The van der Waals surface area contributed by atoms with Gasteiger partial charge in [0.05, 0.1) is 18.7 Å². The highest BCUT2D eigenvalue weighted by Crippen LogP contribution is 2.39. The number of ether oxygens (including phenoxy) is 2. The summed E-state index contributed by atoms with van der Waals surface area (Å²) in [5, 5.41) is 3.41. The van der Waals surface area contributed by atoms with Crippen LogP contribution in [0.1, 0.15) is 24.4 Å². The molecule has 1 fully saturated rings. The van der Waals surface area contributed by atoms with Crippen LogP contribution in [0.4, 0.5) is 0 Å². The summed E-state index contributed by atoms with van der Waals surface area (Å²) >= 11 is 3.54. The Kier molecular flexibility index (Phi) is 11.8. The Balaban J connectivity index is 0.00000264. The summed E-state index contributed by atoms with van der Waals surface area (Å²) in [5.41, 5.74) is 1.19. The van der Waals surface area contributed by atoms with Gasteiger partial charge in [-0.2, -0.15) is 0 Å². The van der Waals surface area contributed by atoms with Gasteiger partial charge in [-0.1, -0.05) is 6.08 Å². The van der Waals surface area contributed by atoms with Crippen LogP contribution in [0.2, 0.25) is 0 Å². The minimum atomic E-state index is 0. The van der Waals surface area contributed by atoms with Crippen LogP contribution in [0, 0.1) is 0 Å². The standard InChI is InChI=1S/C17H25BrN2O2.2ClH/c1-4-5-6-15(20-9-7-19-8-10-20)13-11-17(22-3)14(18)12-16(13)21-2;;/h4,11-12,15,19H,1,5-10H2,2-3H3;2*1H/t15-;;/m0../s1. The first-order chi connectivity index (χ1) is 10.7. The summed E-state index contributed by atoms with van der Waals surface area (Å²) in [6.07, 6.45) is 4.00. The summed E-state index contributed by atoms with van der Waals surface area (Å²) in [4.78, 5) is 2.52. The van der Waals surface area contributed by atoms with Crippen molar-refractivity contribution in [1.29, 1.82) is 0 Å². The lowest BCUT2D eigenvalue weighted by Crippen LogP contribution is -2.45. The van der Waals surface area contributed by atoms with Gasteiger partial charge in [-0.05, 0) is 40.9 Å². The van der Waals surface area contributed by atoms with Gasteiger partial charge >= 0.3 is 0 Å². The molecule has 1 heterocycles. The van der Waals surface area contributed by atoms with E-state index in [2.05, 4.69) is 38.8 Å². The predicted octanol–water partition coefficient (Wildman–Crippen LogP) is 4.22. The molecule has 1 aromatic carbocycles. The number of nitrogens with one attached hydrogen (secondary N) is 1. The van der Waals surface area contributed by atoms with E-state index in [-0.39, 0.29) is 24.8 Å². The maximum atomic E-state index is 5.62. The zero-order chi connectivity index (χ0) is 15.9. The van der Waals surface area contributed by atoms with Crippen LogP contribution in [-0.4, -0.2) is 45.3 Å². The molecule has 0 unspecified atom stereocenters. The molecule has 7 heteroatoms. The molecule has 0 saturated carbocycles. The van der Waals surface area contributed by atoms with Crippen molar-refractivity contribution in [1.82, 2.24) is 10.2 Å². The first kappa shape index (κ1) is 23.5. The molecule has 24 heavy (non-hydrogen) atoms. The molecule has 4 nitrogen and oxygen atoms in total. The van der Waals surface area contributed by atoms with Gasteiger partial charge < -0.3 is 14.8 Å². The molecule has 1 aliphatic rings. The summed E-state index contributed by atoms with van der Waals surface area (Å²) in [5.74, 6) is 1.75. The minimum Gasteiger partial charge on any atom is -0.496 e. The quantitative estimate of drug-likeness (QED) is 0.642. The summed E-state index contributed by atoms with van der Waals surface area (Å²) in [6.45, 7) is 8.01. The molecule has 1 atom stereocenters. The molecule has 0 amide bonds. The molecule has 138 valence electrons. The molecule has 1 aromatic rings. The number of rotatable bonds is 7. The van der Waals surface area contributed by atoms with Gasteiger partial charge in [-0.25, -0.2) is 0 Å². The predicted molar refractivity (Wildman–Crippen MR) is 108 cm³/mol. The van der Waals surface area contributed by atoms with E-state index in [9.17, 15) is 0 Å². The molecule has 1 N–H and O–H groups in total. The van der Waals surface area contributed by atoms with E-state index in [1.165, 1.54) is 5.56 Å². The third-order valence-electron chi connectivity index (χ3n) is 4.10.